The fourth-order valence-electron chi connectivity index (χ4n) is 3.06. The Hall–Kier alpha value is -2.20. The molecule has 2 N–H and O–H groups in total. The molecule has 3 heterocycles. The highest BCUT2D eigenvalue weighted by atomic mass is 32.2. The maximum absolute atomic E-state index is 12.6. The highest BCUT2D eigenvalue weighted by molar-refractivity contribution is 7.89. The number of urea groups is 1. The van der Waals surface area contributed by atoms with Crippen molar-refractivity contribution in [1.82, 2.24) is 19.9 Å². The number of hydrogen-bond acceptors (Lipinski definition) is 6. The second-order valence-corrected chi connectivity index (χ2v) is 8.86. The molecule has 0 aromatic carbocycles. The van der Waals surface area contributed by atoms with Gasteiger partial charge < -0.3 is 10.1 Å². The van der Waals surface area contributed by atoms with Crippen LogP contribution in [0.3, 0.4) is 0 Å². The van der Waals surface area contributed by atoms with Crippen LogP contribution in [0.15, 0.2) is 18.3 Å². The normalized spacial score (nSPS) is 25.0. The minimum Gasteiger partial charge on any atom is -0.474 e. The molecular weight excluding hydrogens is 360 g/mol. The number of sulfonamides is 1. The van der Waals surface area contributed by atoms with Crippen molar-refractivity contribution >= 4 is 22.0 Å². The van der Waals surface area contributed by atoms with Crippen LogP contribution in [-0.4, -0.2) is 60.1 Å². The SMILES string of the molecule is Cc1ccc(OC2CCN(S(=O)(=O)CC3(C)NC(=O)NC3=O)CC2)nc1. The van der Waals surface area contributed by atoms with Gasteiger partial charge in [0, 0.05) is 25.4 Å². The van der Waals surface area contributed by atoms with E-state index in [0.717, 1.165) is 5.56 Å². The summed E-state index contributed by atoms with van der Waals surface area (Å²) in [5, 5.41) is 4.46. The van der Waals surface area contributed by atoms with E-state index in [0.29, 0.717) is 31.8 Å². The van der Waals surface area contributed by atoms with E-state index >= 15 is 0 Å². The number of amides is 3. The minimum atomic E-state index is -3.70. The third-order valence-corrected chi connectivity index (χ3v) is 6.65. The van der Waals surface area contributed by atoms with Crippen LogP contribution >= 0.6 is 0 Å². The maximum Gasteiger partial charge on any atom is 0.322 e. The summed E-state index contributed by atoms with van der Waals surface area (Å²) in [5.41, 5.74) is -0.412. The van der Waals surface area contributed by atoms with Gasteiger partial charge in [-0.05, 0) is 32.3 Å². The van der Waals surface area contributed by atoms with E-state index in [-0.39, 0.29) is 6.10 Å². The highest BCUT2D eigenvalue weighted by Gasteiger charge is 2.46. The van der Waals surface area contributed by atoms with Crippen LogP contribution in [0.5, 0.6) is 5.88 Å². The van der Waals surface area contributed by atoms with E-state index in [9.17, 15) is 18.0 Å². The number of rotatable bonds is 5. The van der Waals surface area contributed by atoms with Crippen molar-refractivity contribution in [2.24, 2.45) is 0 Å². The smallest absolute Gasteiger partial charge is 0.322 e. The molecule has 0 aliphatic carbocycles. The van der Waals surface area contributed by atoms with Crippen molar-refractivity contribution in [2.75, 3.05) is 18.8 Å². The van der Waals surface area contributed by atoms with Crippen molar-refractivity contribution in [3.63, 3.8) is 0 Å². The molecule has 9 nitrogen and oxygen atoms in total. The standard InChI is InChI=1S/C16H22N4O5S/c1-11-3-4-13(17-9-11)25-12-5-7-20(8-6-12)26(23,24)10-16(2)14(21)18-15(22)19-16/h3-4,9,12H,5-8,10H2,1-2H3,(H2,18,19,21,22). The van der Waals surface area contributed by atoms with Crippen LogP contribution in [0.2, 0.25) is 0 Å². The van der Waals surface area contributed by atoms with Gasteiger partial charge in [0.25, 0.3) is 5.91 Å². The Morgan fingerprint density at radius 2 is 2.00 bits per heavy atom. The molecule has 142 valence electrons. The zero-order valence-corrected chi connectivity index (χ0v) is 15.5. The molecule has 1 atom stereocenters. The molecule has 26 heavy (non-hydrogen) atoms. The first-order chi connectivity index (χ1) is 12.2. The number of imide groups is 1. The van der Waals surface area contributed by atoms with Gasteiger partial charge >= 0.3 is 6.03 Å². The number of carbonyl (C=O) groups excluding carboxylic acids is 2. The first kappa shape index (κ1) is 18.6. The predicted molar refractivity (Wildman–Crippen MR) is 93.1 cm³/mol. The molecule has 0 saturated carbocycles. The van der Waals surface area contributed by atoms with Gasteiger partial charge in [-0.2, -0.15) is 0 Å². The lowest BCUT2D eigenvalue weighted by Gasteiger charge is -2.33. The maximum atomic E-state index is 12.6. The van der Waals surface area contributed by atoms with Crippen LogP contribution in [0.4, 0.5) is 4.79 Å². The number of nitrogens with zero attached hydrogens (tertiary/aromatic N) is 2. The van der Waals surface area contributed by atoms with E-state index in [1.165, 1.54) is 11.2 Å². The quantitative estimate of drug-likeness (QED) is 0.701. The third-order valence-electron chi connectivity index (χ3n) is 4.55. The average molecular weight is 382 g/mol. The number of pyridine rings is 1. The largest absolute Gasteiger partial charge is 0.474 e. The monoisotopic (exact) mass is 382 g/mol. The number of ether oxygens (including phenoxy) is 1. The van der Waals surface area contributed by atoms with Gasteiger partial charge in [0.2, 0.25) is 15.9 Å². The summed E-state index contributed by atoms with van der Waals surface area (Å²) in [7, 11) is -3.70. The van der Waals surface area contributed by atoms with Crippen LogP contribution in [0.1, 0.15) is 25.3 Å². The summed E-state index contributed by atoms with van der Waals surface area (Å²) in [6, 6.07) is 3.02. The molecule has 2 aliphatic heterocycles. The topological polar surface area (TPSA) is 118 Å². The molecule has 2 aliphatic rings. The first-order valence-electron chi connectivity index (χ1n) is 8.39. The molecule has 2 fully saturated rings. The van der Waals surface area contributed by atoms with E-state index in [4.69, 9.17) is 4.74 Å². The lowest BCUT2D eigenvalue weighted by molar-refractivity contribution is -0.122. The summed E-state index contributed by atoms with van der Waals surface area (Å²) >= 11 is 0. The molecule has 0 bridgehead atoms. The number of piperidine rings is 1. The van der Waals surface area contributed by atoms with Crippen molar-refractivity contribution in [3.05, 3.63) is 23.9 Å². The van der Waals surface area contributed by atoms with Crippen molar-refractivity contribution < 1.29 is 22.7 Å². The van der Waals surface area contributed by atoms with E-state index in [1.54, 1.807) is 12.3 Å². The Labute approximate surface area is 152 Å². The lowest BCUT2D eigenvalue weighted by atomic mass is 10.1. The number of hydrogen-bond donors (Lipinski definition) is 2. The van der Waals surface area contributed by atoms with E-state index in [2.05, 4.69) is 15.6 Å². The van der Waals surface area contributed by atoms with Crippen molar-refractivity contribution in [3.8, 4) is 5.88 Å². The fraction of sp³-hybridized carbons (Fsp3) is 0.562. The number of aryl methyl sites for hydroxylation is 1. The second kappa shape index (κ2) is 6.84. The van der Waals surface area contributed by atoms with Crippen LogP contribution in [-0.2, 0) is 14.8 Å². The predicted octanol–water partition coefficient (Wildman–Crippen LogP) is 0.161. The molecule has 1 unspecified atom stereocenters. The van der Waals surface area contributed by atoms with Gasteiger partial charge in [-0.3, -0.25) is 10.1 Å². The molecule has 10 heteroatoms. The number of aromatic nitrogens is 1. The number of carbonyl (C=O) groups is 2. The summed E-state index contributed by atoms with van der Waals surface area (Å²) in [5.74, 6) is -0.577. The Bertz CT molecular complexity index is 802. The molecule has 2 saturated heterocycles. The van der Waals surface area contributed by atoms with Gasteiger partial charge in [0.05, 0.1) is 5.75 Å². The van der Waals surface area contributed by atoms with E-state index in [1.807, 2.05) is 13.0 Å². The van der Waals surface area contributed by atoms with Gasteiger partial charge in [-0.25, -0.2) is 22.5 Å². The molecular formula is C16H22N4O5S. The zero-order valence-electron chi connectivity index (χ0n) is 14.7. The van der Waals surface area contributed by atoms with Crippen LogP contribution in [0, 0.1) is 6.92 Å². The zero-order chi connectivity index (χ0) is 18.9. The fourth-order valence-corrected chi connectivity index (χ4v) is 4.94. The first-order valence-corrected chi connectivity index (χ1v) is 10.00. The molecule has 1 aromatic rings. The minimum absolute atomic E-state index is 0.110. The Kier molecular flexibility index (Phi) is 4.89. The number of nitrogens with one attached hydrogen (secondary N) is 2. The van der Waals surface area contributed by atoms with Crippen molar-refractivity contribution in [1.29, 1.82) is 0 Å². The van der Waals surface area contributed by atoms with Gasteiger partial charge in [-0.1, -0.05) is 6.07 Å². The Morgan fingerprint density at radius 1 is 1.31 bits per heavy atom. The van der Waals surface area contributed by atoms with Crippen LogP contribution in [0.25, 0.3) is 0 Å². The molecule has 0 spiro atoms. The van der Waals surface area contributed by atoms with Gasteiger partial charge in [0.1, 0.15) is 11.6 Å². The summed E-state index contributed by atoms with van der Waals surface area (Å²) < 4.78 is 32.4. The van der Waals surface area contributed by atoms with Gasteiger partial charge in [-0.15, -0.1) is 0 Å². The highest BCUT2D eigenvalue weighted by Crippen LogP contribution is 2.22. The van der Waals surface area contributed by atoms with Crippen LogP contribution < -0.4 is 15.4 Å². The Morgan fingerprint density at radius 3 is 2.54 bits per heavy atom. The average Bonchev–Trinajstić information content (AvgIpc) is 2.81. The summed E-state index contributed by atoms with van der Waals surface area (Å²) in [6.07, 6.45) is 2.67. The third kappa shape index (κ3) is 3.96. The summed E-state index contributed by atoms with van der Waals surface area (Å²) in [4.78, 5) is 27.3. The van der Waals surface area contributed by atoms with Crippen molar-refractivity contribution in [2.45, 2.75) is 38.3 Å². The second-order valence-electron chi connectivity index (χ2n) is 6.89. The van der Waals surface area contributed by atoms with Gasteiger partial charge in [0.15, 0.2) is 0 Å². The molecule has 3 amide bonds. The lowest BCUT2D eigenvalue weighted by Crippen LogP contribution is -2.53. The molecule has 1 aromatic heterocycles. The molecule has 0 radical (unpaired) electrons. The molecule has 3 rings (SSSR count). The summed E-state index contributed by atoms with van der Waals surface area (Å²) in [6.45, 7) is 3.94. The van der Waals surface area contributed by atoms with E-state index < -0.39 is 33.3 Å². The Balaban J connectivity index is 1.57.